The summed E-state index contributed by atoms with van der Waals surface area (Å²) < 4.78 is 0. The third-order valence-electron chi connectivity index (χ3n) is 1.74. The van der Waals surface area contributed by atoms with Crippen LogP contribution in [-0.4, -0.2) is 17.8 Å². The van der Waals surface area contributed by atoms with Crippen molar-refractivity contribution in [3.63, 3.8) is 0 Å². The van der Waals surface area contributed by atoms with Gasteiger partial charge in [-0.2, -0.15) is 0 Å². The van der Waals surface area contributed by atoms with Crippen LogP contribution in [0.2, 0.25) is 0 Å². The van der Waals surface area contributed by atoms with E-state index in [1.54, 1.807) is 0 Å². The van der Waals surface area contributed by atoms with Gasteiger partial charge in [0.1, 0.15) is 0 Å². The number of aliphatic hydroxyl groups excluding tert-OH is 1. The molecule has 0 aliphatic rings. The van der Waals surface area contributed by atoms with Gasteiger partial charge >= 0.3 is 0 Å². The van der Waals surface area contributed by atoms with Gasteiger partial charge in [-0.05, 0) is 17.5 Å². The van der Waals surface area contributed by atoms with Gasteiger partial charge in [0.2, 0.25) is 0 Å². The average molecular weight is 177 g/mol. The molecule has 0 aliphatic heterocycles. The van der Waals surface area contributed by atoms with Gasteiger partial charge in [0, 0.05) is 4.91 Å². The molecule has 0 amide bonds. The van der Waals surface area contributed by atoms with E-state index in [1.165, 1.54) is 0 Å². The Labute approximate surface area is 76.5 Å². The highest BCUT2D eigenvalue weighted by atomic mass is 16.3. The molecule has 1 aromatic rings. The first-order chi connectivity index (χ1) is 6.36. The predicted molar refractivity (Wildman–Crippen MR) is 50.2 cm³/mol. The Hall–Kier alpha value is -1.51. The van der Waals surface area contributed by atoms with Crippen LogP contribution in [0.15, 0.2) is 35.4 Å². The van der Waals surface area contributed by atoms with Crippen molar-refractivity contribution in [2.75, 3.05) is 6.61 Å². The summed E-state index contributed by atoms with van der Waals surface area (Å²) in [4.78, 5) is 2.67. The summed E-state index contributed by atoms with van der Waals surface area (Å²) in [6, 6.07) is 9.28. The molecule has 4 heteroatoms. The van der Waals surface area contributed by atoms with Gasteiger partial charge in [0.15, 0.2) is 0 Å². The fourth-order valence-electron chi connectivity index (χ4n) is 1.10. The Morgan fingerprint density at radius 1 is 1.38 bits per heavy atom. The SMILES string of the molecule is [N-]=[N+]=N[C@H](CO)Cc1ccccc1. The number of rotatable bonds is 4. The maximum Gasteiger partial charge on any atom is 0.0645 e. The lowest BCUT2D eigenvalue weighted by atomic mass is 10.1. The molecule has 13 heavy (non-hydrogen) atoms. The highest BCUT2D eigenvalue weighted by Crippen LogP contribution is 2.05. The van der Waals surface area contributed by atoms with Gasteiger partial charge in [-0.25, -0.2) is 0 Å². The average Bonchev–Trinajstić information content (AvgIpc) is 2.19. The van der Waals surface area contributed by atoms with Crippen LogP contribution in [0, 0.1) is 0 Å². The van der Waals surface area contributed by atoms with Gasteiger partial charge in [-0.15, -0.1) is 0 Å². The summed E-state index contributed by atoms with van der Waals surface area (Å²) in [5, 5.41) is 12.3. The Morgan fingerprint density at radius 3 is 2.62 bits per heavy atom. The molecule has 0 unspecified atom stereocenters. The highest BCUT2D eigenvalue weighted by molar-refractivity contribution is 5.15. The number of hydrogen-bond donors (Lipinski definition) is 1. The van der Waals surface area contributed by atoms with Crippen molar-refractivity contribution in [2.45, 2.75) is 12.5 Å². The van der Waals surface area contributed by atoms with Crippen molar-refractivity contribution in [3.05, 3.63) is 46.3 Å². The maximum atomic E-state index is 8.85. The molecule has 0 aliphatic carbocycles. The molecule has 0 aromatic heterocycles. The van der Waals surface area contributed by atoms with Crippen LogP contribution < -0.4 is 0 Å². The lowest BCUT2D eigenvalue weighted by Gasteiger charge is -2.06. The Bertz CT molecular complexity index is 293. The van der Waals surface area contributed by atoms with E-state index in [9.17, 15) is 0 Å². The summed E-state index contributed by atoms with van der Waals surface area (Å²) in [7, 11) is 0. The monoisotopic (exact) mass is 177 g/mol. The normalized spacial score (nSPS) is 11.8. The van der Waals surface area contributed by atoms with Crippen LogP contribution in [0.1, 0.15) is 5.56 Å². The first-order valence-electron chi connectivity index (χ1n) is 4.06. The molecule has 0 fully saturated rings. The summed E-state index contributed by atoms with van der Waals surface area (Å²) in [6.45, 7) is -0.112. The van der Waals surface area contributed by atoms with Crippen LogP contribution in [-0.2, 0) is 6.42 Å². The first kappa shape index (κ1) is 9.58. The van der Waals surface area contributed by atoms with E-state index >= 15 is 0 Å². The zero-order valence-corrected chi connectivity index (χ0v) is 7.17. The van der Waals surface area contributed by atoms with Crippen molar-refractivity contribution in [2.24, 2.45) is 5.11 Å². The Balaban J connectivity index is 2.61. The molecular weight excluding hydrogens is 166 g/mol. The number of hydrogen-bond acceptors (Lipinski definition) is 2. The van der Waals surface area contributed by atoms with E-state index in [-0.39, 0.29) is 12.6 Å². The lowest BCUT2D eigenvalue weighted by molar-refractivity contribution is 0.265. The minimum absolute atomic E-state index is 0.112. The van der Waals surface area contributed by atoms with Gasteiger partial charge in [-0.1, -0.05) is 35.4 Å². The summed E-state index contributed by atoms with van der Waals surface area (Å²) in [6.07, 6.45) is 0.585. The van der Waals surface area contributed by atoms with E-state index in [4.69, 9.17) is 10.6 Å². The zero-order valence-electron chi connectivity index (χ0n) is 7.17. The van der Waals surface area contributed by atoms with Gasteiger partial charge in [0.05, 0.1) is 12.6 Å². The molecule has 0 heterocycles. The number of benzene rings is 1. The molecule has 1 N–H and O–H groups in total. The van der Waals surface area contributed by atoms with E-state index in [2.05, 4.69) is 10.0 Å². The van der Waals surface area contributed by atoms with Crippen LogP contribution in [0.5, 0.6) is 0 Å². The van der Waals surface area contributed by atoms with E-state index in [0.29, 0.717) is 6.42 Å². The third-order valence-corrected chi connectivity index (χ3v) is 1.74. The van der Waals surface area contributed by atoms with Crippen LogP contribution >= 0.6 is 0 Å². The van der Waals surface area contributed by atoms with Crippen molar-refractivity contribution in [1.29, 1.82) is 0 Å². The summed E-state index contributed by atoms with van der Waals surface area (Å²) in [5.74, 6) is 0. The largest absolute Gasteiger partial charge is 0.396 e. The van der Waals surface area contributed by atoms with E-state index in [0.717, 1.165) is 5.56 Å². The highest BCUT2D eigenvalue weighted by Gasteiger charge is 2.04. The van der Waals surface area contributed by atoms with Gasteiger partial charge < -0.3 is 5.11 Å². The number of nitrogens with zero attached hydrogens (tertiary/aromatic N) is 3. The molecule has 0 bridgehead atoms. The summed E-state index contributed by atoms with van der Waals surface area (Å²) >= 11 is 0. The predicted octanol–water partition coefficient (Wildman–Crippen LogP) is 1.90. The lowest BCUT2D eigenvalue weighted by Crippen LogP contribution is -2.12. The number of azide groups is 1. The number of aliphatic hydroxyl groups is 1. The van der Waals surface area contributed by atoms with Crippen LogP contribution in [0.4, 0.5) is 0 Å². The maximum absolute atomic E-state index is 8.85. The molecule has 0 saturated heterocycles. The molecule has 0 radical (unpaired) electrons. The quantitative estimate of drug-likeness (QED) is 0.426. The van der Waals surface area contributed by atoms with Crippen molar-refractivity contribution >= 4 is 0 Å². The van der Waals surface area contributed by atoms with Crippen LogP contribution in [0.25, 0.3) is 10.4 Å². The molecule has 4 nitrogen and oxygen atoms in total. The van der Waals surface area contributed by atoms with Crippen LogP contribution in [0.3, 0.4) is 0 Å². The fraction of sp³-hybridized carbons (Fsp3) is 0.333. The van der Waals surface area contributed by atoms with Crippen molar-refractivity contribution in [3.8, 4) is 0 Å². The molecule has 1 rings (SSSR count). The molecule has 1 atom stereocenters. The first-order valence-corrected chi connectivity index (χ1v) is 4.06. The minimum Gasteiger partial charge on any atom is -0.396 e. The molecule has 0 saturated carbocycles. The topological polar surface area (TPSA) is 69.0 Å². The van der Waals surface area contributed by atoms with E-state index < -0.39 is 0 Å². The van der Waals surface area contributed by atoms with Gasteiger partial charge in [-0.3, -0.25) is 0 Å². The second kappa shape index (κ2) is 5.19. The van der Waals surface area contributed by atoms with E-state index in [1.807, 2.05) is 30.3 Å². The summed E-state index contributed by atoms with van der Waals surface area (Å²) in [5.41, 5.74) is 9.26. The molecular formula is C9H11N3O. The molecule has 68 valence electrons. The Morgan fingerprint density at radius 2 is 2.08 bits per heavy atom. The Kier molecular flexibility index (Phi) is 3.82. The minimum atomic E-state index is -0.354. The molecule has 0 spiro atoms. The smallest absolute Gasteiger partial charge is 0.0645 e. The standard InChI is InChI=1S/C9H11N3O/c10-12-11-9(7-13)6-8-4-2-1-3-5-8/h1-5,9,13H,6-7H2/t9-/m0/s1. The third kappa shape index (κ3) is 3.15. The second-order valence-corrected chi connectivity index (χ2v) is 2.73. The van der Waals surface area contributed by atoms with Gasteiger partial charge in [0.25, 0.3) is 0 Å². The molecule has 1 aromatic carbocycles. The second-order valence-electron chi connectivity index (χ2n) is 2.73. The van der Waals surface area contributed by atoms with Crippen molar-refractivity contribution in [1.82, 2.24) is 0 Å². The zero-order chi connectivity index (χ0) is 9.52. The van der Waals surface area contributed by atoms with Crippen molar-refractivity contribution < 1.29 is 5.11 Å². The fourth-order valence-corrected chi connectivity index (χ4v) is 1.10.